The molecule has 2 N–H and O–H groups in total. The van der Waals surface area contributed by atoms with Crippen LogP contribution in [-0.2, 0) is 10.0 Å². The number of carbonyl (C=O) groups excluding carboxylic acids is 1. The quantitative estimate of drug-likeness (QED) is 0.468. The summed E-state index contributed by atoms with van der Waals surface area (Å²) in [6.45, 7) is 1.44. The number of ketones is 1. The van der Waals surface area contributed by atoms with Crippen LogP contribution in [-0.4, -0.2) is 24.2 Å². The zero-order valence-electron chi connectivity index (χ0n) is 15.6. The summed E-state index contributed by atoms with van der Waals surface area (Å²) in [7, 11) is -4.14. The summed E-state index contributed by atoms with van der Waals surface area (Å²) in [5, 5.41) is 0.520. The average molecular weight is 427 g/mol. The van der Waals surface area contributed by atoms with E-state index in [1.807, 2.05) is 0 Å². The van der Waals surface area contributed by atoms with Crippen molar-refractivity contribution in [3.63, 3.8) is 0 Å². The molecule has 0 unspecified atom stereocenters. The fraction of sp³-hybridized carbons (Fsp3) is 0.0476. The Labute approximate surface area is 170 Å². The molecule has 0 radical (unpaired) electrons. The minimum Gasteiger partial charge on any atom is -0.345 e. The van der Waals surface area contributed by atoms with Crippen LogP contribution < -0.4 is 4.72 Å². The highest BCUT2D eigenvalue weighted by Crippen LogP contribution is 2.28. The number of hydrogen-bond donors (Lipinski definition) is 2. The smallest absolute Gasteiger partial charge is 0.262 e. The molecule has 0 amide bonds. The van der Waals surface area contributed by atoms with Crippen molar-refractivity contribution in [1.82, 2.24) is 9.97 Å². The molecule has 4 aromatic rings. The summed E-state index contributed by atoms with van der Waals surface area (Å²) < 4.78 is 55.6. The number of nitrogens with zero attached hydrogens (tertiary/aromatic N) is 1. The lowest BCUT2D eigenvalue weighted by Crippen LogP contribution is -2.16. The first-order valence-corrected chi connectivity index (χ1v) is 10.3. The molecule has 4 rings (SSSR count). The second-order valence-electron chi connectivity index (χ2n) is 6.59. The van der Waals surface area contributed by atoms with Crippen LogP contribution in [0.25, 0.3) is 11.0 Å². The van der Waals surface area contributed by atoms with Gasteiger partial charge in [-0.05, 0) is 55.0 Å². The van der Waals surface area contributed by atoms with E-state index in [1.54, 1.807) is 18.3 Å². The molecule has 0 aliphatic heterocycles. The van der Waals surface area contributed by atoms with Gasteiger partial charge < -0.3 is 4.98 Å². The van der Waals surface area contributed by atoms with Crippen LogP contribution in [0.3, 0.4) is 0 Å². The van der Waals surface area contributed by atoms with Gasteiger partial charge in [-0.3, -0.25) is 9.52 Å². The molecule has 0 aliphatic carbocycles. The predicted octanol–water partition coefficient (Wildman–Crippen LogP) is 4.18. The van der Waals surface area contributed by atoms with E-state index in [0.717, 1.165) is 18.2 Å². The van der Waals surface area contributed by atoms with Gasteiger partial charge in [-0.2, -0.15) is 0 Å². The molecule has 6 nitrogen and oxygen atoms in total. The van der Waals surface area contributed by atoms with Crippen LogP contribution in [0.2, 0.25) is 0 Å². The second-order valence-corrected chi connectivity index (χ2v) is 8.27. The maximum Gasteiger partial charge on any atom is 0.262 e. The Kier molecular flexibility index (Phi) is 4.83. The number of H-pyrrole nitrogens is 1. The lowest BCUT2D eigenvalue weighted by Gasteiger charge is -2.14. The molecule has 0 saturated carbocycles. The van der Waals surface area contributed by atoms with E-state index in [9.17, 15) is 22.0 Å². The SMILES string of the molecule is Cc1c(NS(=O)(=O)c2cccc(F)c2)ccc(F)c1C(=O)c1c[nH]c2ncccc12. The van der Waals surface area contributed by atoms with Gasteiger partial charge in [0.25, 0.3) is 10.0 Å². The Morgan fingerprint density at radius 2 is 1.90 bits per heavy atom. The summed E-state index contributed by atoms with van der Waals surface area (Å²) in [5.74, 6) is -2.11. The van der Waals surface area contributed by atoms with E-state index in [2.05, 4.69) is 14.7 Å². The van der Waals surface area contributed by atoms with E-state index >= 15 is 0 Å². The highest BCUT2D eigenvalue weighted by molar-refractivity contribution is 7.92. The summed E-state index contributed by atoms with van der Waals surface area (Å²) >= 11 is 0. The van der Waals surface area contributed by atoms with Gasteiger partial charge in [-0.15, -0.1) is 0 Å². The second kappa shape index (κ2) is 7.34. The normalized spacial score (nSPS) is 11.6. The van der Waals surface area contributed by atoms with E-state index in [-0.39, 0.29) is 27.3 Å². The van der Waals surface area contributed by atoms with Crippen molar-refractivity contribution in [1.29, 1.82) is 0 Å². The number of fused-ring (bicyclic) bond motifs is 1. The number of hydrogen-bond acceptors (Lipinski definition) is 4. The van der Waals surface area contributed by atoms with Crippen molar-refractivity contribution in [2.24, 2.45) is 0 Å². The van der Waals surface area contributed by atoms with Gasteiger partial charge in [0.2, 0.25) is 0 Å². The van der Waals surface area contributed by atoms with E-state index in [1.165, 1.54) is 31.3 Å². The molecule has 152 valence electrons. The minimum absolute atomic E-state index is 0.0157. The van der Waals surface area contributed by atoms with Gasteiger partial charge in [0.05, 0.1) is 16.1 Å². The zero-order valence-corrected chi connectivity index (χ0v) is 16.4. The summed E-state index contributed by atoms with van der Waals surface area (Å²) in [6.07, 6.45) is 2.99. The Morgan fingerprint density at radius 3 is 2.67 bits per heavy atom. The summed E-state index contributed by atoms with van der Waals surface area (Å²) in [6, 6.07) is 10.0. The third kappa shape index (κ3) is 3.43. The Hall–Kier alpha value is -3.59. The third-order valence-electron chi connectivity index (χ3n) is 4.69. The molecule has 0 bridgehead atoms. The maximum atomic E-state index is 14.6. The highest BCUT2D eigenvalue weighted by Gasteiger charge is 2.24. The molecule has 0 saturated heterocycles. The number of benzene rings is 2. The molecule has 0 fully saturated rings. The van der Waals surface area contributed by atoms with Crippen LogP contribution in [0.5, 0.6) is 0 Å². The topological polar surface area (TPSA) is 91.9 Å². The Balaban J connectivity index is 1.76. The van der Waals surface area contributed by atoms with Crippen molar-refractivity contribution in [3.8, 4) is 0 Å². The van der Waals surface area contributed by atoms with Crippen molar-refractivity contribution < 1.29 is 22.0 Å². The maximum absolute atomic E-state index is 14.6. The lowest BCUT2D eigenvalue weighted by molar-refractivity contribution is 0.103. The van der Waals surface area contributed by atoms with E-state index in [0.29, 0.717) is 11.0 Å². The first-order chi connectivity index (χ1) is 14.3. The number of pyridine rings is 1. The van der Waals surface area contributed by atoms with E-state index in [4.69, 9.17) is 0 Å². The molecule has 0 spiro atoms. The number of carbonyl (C=O) groups is 1. The van der Waals surface area contributed by atoms with Gasteiger partial charge in [0.1, 0.15) is 17.3 Å². The number of halogens is 2. The van der Waals surface area contributed by atoms with Crippen LogP contribution >= 0.6 is 0 Å². The number of sulfonamides is 1. The standard InChI is InChI=1S/C21H15F2N3O3S/c1-12-18(26-30(28,29)14-5-2-4-13(22)10-14)8-7-17(23)19(12)20(27)16-11-25-21-15(16)6-3-9-24-21/h2-11,26H,1H3,(H,24,25). The molecular weight excluding hydrogens is 412 g/mol. The first-order valence-electron chi connectivity index (χ1n) is 8.82. The first kappa shape index (κ1) is 19.7. The van der Waals surface area contributed by atoms with Crippen LogP contribution in [0.15, 0.2) is 65.8 Å². The highest BCUT2D eigenvalue weighted by atomic mass is 32.2. The van der Waals surface area contributed by atoms with Gasteiger partial charge in [-0.1, -0.05) is 6.07 Å². The number of aromatic amines is 1. The predicted molar refractivity (Wildman–Crippen MR) is 108 cm³/mol. The minimum atomic E-state index is -4.14. The Bertz CT molecular complexity index is 1400. The molecule has 2 aromatic carbocycles. The number of rotatable bonds is 5. The van der Waals surface area contributed by atoms with Crippen molar-refractivity contribution >= 4 is 32.5 Å². The number of aromatic nitrogens is 2. The fourth-order valence-corrected chi connectivity index (χ4v) is 4.34. The molecule has 9 heteroatoms. The fourth-order valence-electron chi connectivity index (χ4n) is 3.18. The van der Waals surface area contributed by atoms with E-state index < -0.39 is 27.4 Å². The summed E-state index contributed by atoms with van der Waals surface area (Å²) in [5.41, 5.74) is 0.548. The molecular formula is C21H15F2N3O3S. The lowest BCUT2D eigenvalue weighted by atomic mass is 9.97. The summed E-state index contributed by atoms with van der Waals surface area (Å²) in [4.78, 5) is 19.8. The number of anilines is 1. The van der Waals surface area contributed by atoms with Crippen molar-refractivity contribution in [3.05, 3.63) is 89.2 Å². The van der Waals surface area contributed by atoms with Crippen LogP contribution in [0.1, 0.15) is 21.5 Å². The molecule has 2 heterocycles. The monoisotopic (exact) mass is 427 g/mol. The van der Waals surface area contributed by atoms with Crippen molar-refractivity contribution in [2.75, 3.05) is 4.72 Å². The average Bonchev–Trinajstić information content (AvgIpc) is 3.14. The van der Waals surface area contributed by atoms with Gasteiger partial charge >= 0.3 is 0 Å². The van der Waals surface area contributed by atoms with Gasteiger partial charge in [0.15, 0.2) is 5.78 Å². The number of nitrogens with one attached hydrogen (secondary N) is 2. The van der Waals surface area contributed by atoms with Crippen molar-refractivity contribution in [2.45, 2.75) is 11.8 Å². The molecule has 30 heavy (non-hydrogen) atoms. The largest absolute Gasteiger partial charge is 0.345 e. The zero-order chi connectivity index (χ0) is 21.5. The molecule has 0 atom stereocenters. The Morgan fingerprint density at radius 1 is 1.10 bits per heavy atom. The molecule has 2 aromatic heterocycles. The third-order valence-corrected chi connectivity index (χ3v) is 6.05. The van der Waals surface area contributed by atoms with Gasteiger partial charge in [-0.25, -0.2) is 22.2 Å². The van der Waals surface area contributed by atoms with Crippen LogP contribution in [0, 0.1) is 18.6 Å². The van der Waals surface area contributed by atoms with Gasteiger partial charge in [0, 0.05) is 23.3 Å². The van der Waals surface area contributed by atoms with Crippen LogP contribution in [0.4, 0.5) is 14.5 Å². The molecule has 0 aliphatic rings.